The number of aliphatic imine (C=N–C) groups is 1. The molecule has 2 aromatic rings. The minimum atomic E-state index is -1.20. The first kappa shape index (κ1) is 30.7. The van der Waals surface area contributed by atoms with E-state index in [1.54, 1.807) is 12.3 Å². The fourth-order valence-corrected chi connectivity index (χ4v) is 4.53. The third kappa shape index (κ3) is 11.6. The van der Waals surface area contributed by atoms with Crippen LogP contribution in [0, 0.1) is 0 Å². The van der Waals surface area contributed by atoms with Crippen molar-refractivity contribution in [3.05, 3.63) is 34.2 Å². The van der Waals surface area contributed by atoms with Crippen molar-refractivity contribution in [2.45, 2.75) is 77.9 Å². The second-order valence-corrected chi connectivity index (χ2v) is 17.3. The molecule has 0 saturated carbocycles. The van der Waals surface area contributed by atoms with Crippen LogP contribution in [0.5, 0.6) is 0 Å². The molecule has 0 atom stereocenters. The lowest BCUT2D eigenvalue weighted by Crippen LogP contribution is -2.21. The van der Waals surface area contributed by atoms with E-state index in [9.17, 15) is 9.59 Å². The van der Waals surface area contributed by atoms with E-state index in [0.717, 1.165) is 39.7 Å². The van der Waals surface area contributed by atoms with Gasteiger partial charge in [-0.15, -0.1) is 0 Å². The normalized spacial score (nSPS) is 12.1. The second kappa shape index (κ2) is 13.9. The van der Waals surface area contributed by atoms with Crippen molar-refractivity contribution in [1.82, 2.24) is 9.97 Å². The molecule has 1 aromatic carbocycles. The van der Waals surface area contributed by atoms with E-state index in [0.29, 0.717) is 31.7 Å². The molecule has 9 nitrogen and oxygen atoms in total. The summed E-state index contributed by atoms with van der Waals surface area (Å²) in [5, 5.41) is 2.66. The lowest BCUT2D eigenvalue weighted by atomic mass is 10.1. The van der Waals surface area contributed by atoms with Crippen molar-refractivity contribution in [1.29, 1.82) is 0 Å². The molecule has 1 heterocycles. The van der Waals surface area contributed by atoms with Gasteiger partial charge in [0.25, 0.3) is 0 Å². The predicted molar refractivity (Wildman–Crippen MR) is 153 cm³/mol. The van der Waals surface area contributed by atoms with E-state index >= 15 is 0 Å². The quantitative estimate of drug-likeness (QED) is 0.161. The number of benzene rings is 1. The van der Waals surface area contributed by atoms with Gasteiger partial charge in [0.1, 0.15) is 11.4 Å². The molecule has 0 spiro atoms. The number of methoxy groups -OCH3 is 1. The highest BCUT2D eigenvalue weighted by molar-refractivity contribution is 9.10. The number of carbonyl (C=O) groups excluding carboxylic acids is 2. The molecule has 0 radical (unpaired) electrons. The van der Waals surface area contributed by atoms with Gasteiger partial charge in [-0.25, -0.2) is 14.6 Å². The molecule has 0 bridgehead atoms. The molecular weight excluding hydrogens is 556 g/mol. The third-order valence-electron chi connectivity index (χ3n) is 5.06. The molecule has 2 N–H and O–H groups in total. The van der Waals surface area contributed by atoms with Gasteiger partial charge in [-0.1, -0.05) is 35.6 Å². The number of unbranched alkanes of at least 4 members (excludes halogenated alkanes) is 1. The molecular formula is C26H39BrN4O5Si. The van der Waals surface area contributed by atoms with Crippen LogP contribution in [-0.2, 0) is 27.2 Å². The monoisotopic (exact) mass is 594 g/mol. The maximum atomic E-state index is 11.7. The summed E-state index contributed by atoms with van der Waals surface area (Å²) in [5.41, 5.74) is 2.61. The molecule has 1 aromatic heterocycles. The Labute approximate surface area is 228 Å². The zero-order valence-corrected chi connectivity index (χ0v) is 25.5. The minimum absolute atomic E-state index is 0.418. The Morgan fingerprint density at radius 1 is 1.24 bits per heavy atom. The summed E-state index contributed by atoms with van der Waals surface area (Å²) in [6.45, 7) is 13.5. The van der Waals surface area contributed by atoms with Crippen LogP contribution < -0.4 is 5.32 Å². The number of H-pyrrole nitrogens is 1. The van der Waals surface area contributed by atoms with E-state index in [-0.39, 0.29) is 0 Å². The van der Waals surface area contributed by atoms with Crippen molar-refractivity contribution < 1.29 is 23.8 Å². The molecule has 204 valence electrons. The molecule has 0 aliphatic carbocycles. The second-order valence-electron chi connectivity index (χ2n) is 10.9. The summed E-state index contributed by atoms with van der Waals surface area (Å²) in [6, 6.07) is 6.59. The van der Waals surface area contributed by atoms with Crippen LogP contribution in [0.25, 0.3) is 11.3 Å². The maximum absolute atomic E-state index is 11.7. The smallest absolute Gasteiger partial charge is 0.433 e. The molecule has 0 unspecified atom stereocenters. The van der Waals surface area contributed by atoms with E-state index in [2.05, 4.69) is 55.6 Å². The molecule has 2 amide bonds. The van der Waals surface area contributed by atoms with Crippen molar-refractivity contribution in [2.75, 3.05) is 19.0 Å². The summed E-state index contributed by atoms with van der Waals surface area (Å²) >= 11 is 3.61. The van der Waals surface area contributed by atoms with Crippen LogP contribution in [0.1, 0.15) is 45.1 Å². The number of imidazole rings is 1. The summed E-state index contributed by atoms with van der Waals surface area (Å²) < 4.78 is 16.6. The summed E-state index contributed by atoms with van der Waals surface area (Å²) in [4.78, 5) is 35.4. The Morgan fingerprint density at radius 2 is 1.97 bits per heavy atom. The van der Waals surface area contributed by atoms with Crippen molar-refractivity contribution >= 4 is 48.1 Å². The molecule has 11 heteroatoms. The number of aromatic nitrogens is 2. The van der Waals surface area contributed by atoms with Crippen LogP contribution in [0.4, 0.5) is 15.3 Å². The summed E-state index contributed by atoms with van der Waals surface area (Å²) in [7, 11) is 0.126. The van der Waals surface area contributed by atoms with Gasteiger partial charge in [0.15, 0.2) is 0 Å². The number of carbonyl (C=O) groups is 2. The Morgan fingerprint density at radius 3 is 2.59 bits per heavy atom. The van der Waals surface area contributed by atoms with Crippen LogP contribution in [0.15, 0.2) is 27.7 Å². The maximum Gasteiger partial charge on any atom is 0.433 e. The van der Waals surface area contributed by atoms with Gasteiger partial charge in [0.2, 0.25) is 0 Å². The number of nitrogens with zero attached hydrogens (tertiary/aromatic N) is 2. The number of nitrogens with one attached hydrogen (secondary N) is 2. The van der Waals surface area contributed by atoms with Crippen molar-refractivity contribution in [3.8, 4) is 11.3 Å². The summed E-state index contributed by atoms with van der Waals surface area (Å²) in [6.07, 6.45) is 2.53. The van der Waals surface area contributed by atoms with Crippen LogP contribution >= 0.6 is 15.9 Å². The average Bonchev–Trinajstić information content (AvgIpc) is 3.17. The minimum Gasteiger partial charge on any atom is -0.453 e. The number of aromatic amines is 1. The number of hydrogen-bond donors (Lipinski definition) is 2. The predicted octanol–water partition coefficient (Wildman–Crippen LogP) is 7.20. The van der Waals surface area contributed by atoms with Gasteiger partial charge in [-0.05, 0) is 57.9 Å². The van der Waals surface area contributed by atoms with Gasteiger partial charge in [-0.2, -0.15) is 4.99 Å². The lowest BCUT2D eigenvalue weighted by molar-refractivity contribution is 0.0604. The number of amides is 2. The number of ether oxygens (including phenoxy) is 3. The van der Waals surface area contributed by atoms with E-state index < -0.39 is 25.9 Å². The Bertz CT molecular complexity index is 1090. The standard InChI is InChI=1S/C26H39BrN4O5Si/c1-26(2,3)36-24(32)28-13-9-8-10-22-30-21(17-35-14-15-37(5,6)7)23(31-22)19-12-11-18(16-20(19)27)29-25(33)34-4/h11-13,16H,8-10,14-15,17H2,1-7H3,(H,29,33)(H,30,31). The zero-order valence-electron chi connectivity index (χ0n) is 22.9. The molecule has 0 aliphatic heterocycles. The zero-order chi connectivity index (χ0) is 27.6. The highest BCUT2D eigenvalue weighted by Crippen LogP contribution is 2.32. The fraction of sp³-hybridized carbons (Fsp3) is 0.538. The SMILES string of the molecule is COC(=O)Nc1ccc(-c2nc(CCCC=NC(=O)OC(C)(C)C)[nH]c2COCC[Si](C)(C)C)c(Br)c1. The Kier molecular flexibility index (Phi) is 11.5. The number of rotatable bonds is 11. The van der Waals surface area contributed by atoms with Gasteiger partial charge in [0.05, 0.1) is 25.1 Å². The Hall–Kier alpha value is -2.50. The first-order valence-electron chi connectivity index (χ1n) is 12.3. The van der Waals surface area contributed by atoms with Gasteiger partial charge in [-0.3, -0.25) is 5.32 Å². The largest absolute Gasteiger partial charge is 0.453 e. The molecule has 0 aliphatic rings. The van der Waals surface area contributed by atoms with Crippen LogP contribution in [-0.4, -0.2) is 55.8 Å². The van der Waals surface area contributed by atoms with Crippen molar-refractivity contribution in [3.63, 3.8) is 0 Å². The average molecular weight is 596 g/mol. The Balaban J connectivity index is 2.13. The van der Waals surface area contributed by atoms with Crippen LogP contribution in [0.3, 0.4) is 0 Å². The lowest BCUT2D eigenvalue weighted by Gasteiger charge is -2.16. The molecule has 0 fully saturated rings. The molecule has 0 saturated heterocycles. The highest BCUT2D eigenvalue weighted by Gasteiger charge is 2.18. The number of aryl methyl sites for hydroxylation is 1. The topological polar surface area (TPSA) is 115 Å². The fourth-order valence-electron chi connectivity index (χ4n) is 3.20. The molecule has 37 heavy (non-hydrogen) atoms. The number of hydrogen-bond acceptors (Lipinski definition) is 6. The van der Waals surface area contributed by atoms with Gasteiger partial charge < -0.3 is 19.2 Å². The first-order valence-corrected chi connectivity index (χ1v) is 16.8. The van der Waals surface area contributed by atoms with Gasteiger partial charge in [0, 0.05) is 43.0 Å². The third-order valence-corrected chi connectivity index (χ3v) is 7.42. The summed E-state index contributed by atoms with van der Waals surface area (Å²) in [5.74, 6) is 0.827. The van der Waals surface area contributed by atoms with Gasteiger partial charge >= 0.3 is 12.2 Å². The van der Waals surface area contributed by atoms with E-state index in [1.165, 1.54) is 7.11 Å². The van der Waals surface area contributed by atoms with Crippen LogP contribution in [0.2, 0.25) is 25.7 Å². The number of anilines is 1. The first-order chi connectivity index (χ1) is 17.3. The van der Waals surface area contributed by atoms with Crippen molar-refractivity contribution in [2.24, 2.45) is 4.99 Å². The number of halogens is 1. The molecule has 2 rings (SSSR count). The van der Waals surface area contributed by atoms with E-state index in [1.807, 2.05) is 32.9 Å². The highest BCUT2D eigenvalue weighted by atomic mass is 79.9. The van der Waals surface area contributed by atoms with E-state index in [4.69, 9.17) is 14.5 Å².